The van der Waals surface area contributed by atoms with E-state index in [1.54, 1.807) is 23.9 Å². The summed E-state index contributed by atoms with van der Waals surface area (Å²) >= 11 is 0. The van der Waals surface area contributed by atoms with Gasteiger partial charge in [-0.2, -0.15) is 4.31 Å². The summed E-state index contributed by atoms with van der Waals surface area (Å²) < 4.78 is 39.8. The fourth-order valence-corrected chi connectivity index (χ4v) is 5.22. The highest BCUT2D eigenvalue weighted by molar-refractivity contribution is 7.89. The smallest absolute Gasteiger partial charge is 0.243 e. The van der Waals surface area contributed by atoms with E-state index in [1.807, 2.05) is 4.90 Å². The fraction of sp³-hybridized carbons (Fsp3) is 0.579. The first-order valence-corrected chi connectivity index (χ1v) is 11.1. The number of hydrogen-bond donors (Lipinski definition) is 0. The van der Waals surface area contributed by atoms with Crippen LogP contribution in [0.15, 0.2) is 29.2 Å². The summed E-state index contributed by atoms with van der Waals surface area (Å²) in [6.45, 7) is 1.82. The van der Waals surface area contributed by atoms with Crippen LogP contribution in [0.2, 0.25) is 0 Å². The lowest BCUT2D eigenvalue weighted by atomic mass is 10.2. The lowest BCUT2D eigenvalue weighted by molar-refractivity contribution is -0.137. The molecule has 0 saturated carbocycles. The van der Waals surface area contributed by atoms with Crippen LogP contribution >= 0.6 is 0 Å². The van der Waals surface area contributed by atoms with Crippen molar-refractivity contribution in [1.82, 2.24) is 19.0 Å². The molecule has 2 heterocycles. The molecule has 1 unspecified atom stereocenters. The molecule has 0 bridgehead atoms. The SMILES string of the molecule is CN(C)C(=O)C1CCCN1CC(=O)N1CCN(S(=O)(=O)c2ccc(F)cc2)CC1. The van der Waals surface area contributed by atoms with E-state index in [9.17, 15) is 22.4 Å². The summed E-state index contributed by atoms with van der Waals surface area (Å²) in [7, 11) is -0.292. The molecule has 1 atom stereocenters. The van der Waals surface area contributed by atoms with E-state index in [0.29, 0.717) is 19.6 Å². The molecule has 2 aliphatic rings. The van der Waals surface area contributed by atoms with Crippen molar-refractivity contribution >= 4 is 21.8 Å². The van der Waals surface area contributed by atoms with Crippen LogP contribution in [0.25, 0.3) is 0 Å². The molecule has 0 radical (unpaired) electrons. The second-order valence-corrected chi connectivity index (χ2v) is 9.54. The second-order valence-electron chi connectivity index (χ2n) is 7.60. The molecule has 3 rings (SSSR count). The molecule has 8 nitrogen and oxygen atoms in total. The van der Waals surface area contributed by atoms with Gasteiger partial charge in [-0.25, -0.2) is 12.8 Å². The number of nitrogens with zero attached hydrogens (tertiary/aromatic N) is 4. The Balaban J connectivity index is 1.57. The molecule has 1 aromatic carbocycles. The summed E-state index contributed by atoms with van der Waals surface area (Å²) in [6, 6.07) is 4.46. The number of piperazine rings is 1. The van der Waals surface area contributed by atoms with Gasteiger partial charge in [0.25, 0.3) is 0 Å². The van der Waals surface area contributed by atoms with Gasteiger partial charge in [0.2, 0.25) is 21.8 Å². The minimum Gasteiger partial charge on any atom is -0.347 e. The van der Waals surface area contributed by atoms with Crippen LogP contribution in [0, 0.1) is 5.82 Å². The Morgan fingerprint density at radius 1 is 1.07 bits per heavy atom. The van der Waals surface area contributed by atoms with Crippen molar-refractivity contribution in [2.45, 2.75) is 23.8 Å². The number of halogens is 1. The zero-order valence-corrected chi connectivity index (χ0v) is 17.6. The largest absolute Gasteiger partial charge is 0.347 e. The van der Waals surface area contributed by atoms with Crippen molar-refractivity contribution in [2.75, 3.05) is 53.4 Å². The molecule has 160 valence electrons. The molecule has 10 heteroatoms. The maximum absolute atomic E-state index is 13.1. The van der Waals surface area contributed by atoms with E-state index >= 15 is 0 Å². The van der Waals surface area contributed by atoms with Gasteiger partial charge in [-0.3, -0.25) is 14.5 Å². The summed E-state index contributed by atoms with van der Waals surface area (Å²) in [4.78, 5) is 30.1. The van der Waals surface area contributed by atoms with Gasteiger partial charge >= 0.3 is 0 Å². The normalized spacial score (nSPS) is 21.3. The standard InChI is InChI=1S/C19H27FN4O4S/c1-21(2)19(26)17-4-3-9-23(17)14-18(25)22-10-12-24(13-11-22)29(27,28)16-7-5-15(20)6-8-16/h5-8,17H,3-4,9-14H2,1-2H3. The quantitative estimate of drug-likeness (QED) is 0.673. The third-order valence-corrected chi connectivity index (χ3v) is 7.38. The summed E-state index contributed by atoms with van der Waals surface area (Å²) in [6.07, 6.45) is 1.62. The number of benzene rings is 1. The van der Waals surface area contributed by atoms with Gasteiger partial charge in [-0.05, 0) is 43.7 Å². The number of likely N-dealkylation sites (N-methyl/N-ethyl adjacent to an activating group) is 1. The molecule has 2 saturated heterocycles. The number of amides is 2. The van der Waals surface area contributed by atoms with Crippen LogP contribution in [0.4, 0.5) is 4.39 Å². The molecular weight excluding hydrogens is 399 g/mol. The third-order valence-electron chi connectivity index (χ3n) is 5.47. The maximum Gasteiger partial charge on any atom is 0.243 e. The molecule has 0 N–H and O–H groups in total. The minimum absolute atomic E-state index is 0.00510. The Hall–Kier alpha value is -2.04. The molecular formula is C19H27FN4O4S. The average molecular weight is 427 g/mol. The molecule has 2 fully saturated rings. The van der Waals surface area contributed by atoms with Crippen molar-refractivity contribution < 1.29 is 22.4 Å². The van der Waals surface area contributed by atoms with Crippen LogP contribution in [0.5, 0.6) is 0 Å². The van der Waals surface area contributed by atoms with Gasteiger partial charge in [0.1, 0.15) is 5.82 Å². The van der Waals surface area contributed by atoms with Crippen molar-refractivity contribution in [3.63, 3.8) is 0 Å². The van der Waals surface area contributed by atoms with E-state index in [0.717, 1.165) is 25.0 Å². The number of carbonyl (C=O) groups is 2. The van der Waals surface area contributed by atoms with Gasteiger partial charge in [0.05, 0.1) is 17.5 Å². The second kappa shape index (κ2) is 8.76. The van der Waals surface area contributed by atoms with Gasteiger partial charge in [-0.1, -0.05) is 0 Å². The Kier molecular flexibility index (Phi) is 6.55. The average Bonchev–Trinajstić information content (AvgIpc) is 3.15. The minimum atomic E-state index is -3.71. The summed E-state index contributed by atoms with van der Waals surface area (Å²) in [5.41, 5.74) is 0. The highest BCUT2D eigenvalue weighted by atomic mass is 32.2. The first kappa shape index (κ1) is 21.7. The van der Waals surface area contributed by atoms with E-state index in [2.05, 4.69) is 0 Å². The van der Waals surface area contributed by atoms with E-state index in [4.69, 9.17) is 0 Å². The monoisotopic (exact) mass is 426 g/mol. The number of sulfonamides is 1. The fourth-order valence-electron chi connectivity index (χ4n) is 3.80. The molecule has 2 aliphatic heterocycles. The Morgan fingerprint density at radius 3 is 2.28 bits per heavy atom. The van der Waals surface area contributed by atoms with Crippen molar-refractivity contribution in [3.05, 3.63) is 30.1 Å². The topological polar surface area (TPSA) is 81.2 Å². The van der Waals surface area contributed by atoms with Crippen LogP contribution < -0.4 is 0 Å². The van der Waals surface area contributed by atoms with Gasteiger partial charge < -0.3 is 9.80 Å². The first-order chi connectivity index (χ1) is 13.7. The molecule has 29 heavy (non-hydrogen) atoms. The Bertz CT molecular complexity index is 851. The van der Waals surface area contributed by atoms with Gasteiger partial charge in [-0.15, -0.1) is 0 Å². The highest BCUT2D eigenvalue weighted by Gasteiger charge is 2.35. The number of likely N-dealkylation sites (tertiary alicyclic amines) is 1. The van der Waals surface area contributed by atoms with Crippen molar-refractivity contribution in [3.8, 4) is 0 Å². The van der Waals surface area contributed by atoms with Crippen LogP contribution in [-0.2, 0) is 19.6 Å². The molecule has 1 aromatic rings. The summed E-state index contributed by atoms with van der Waals surface area (Å²) in [5, 5.41) is 0. The van der Waals surface area contributed by atoms with E-state index in [1.165, 1.54) is 16.4 Å². The molecule has 0 spiro atoms. The number of hydrogen-bond acceptors (Lipinski definition) is 5. The van der Waals surface area contributed by atoms with Gasteiger partial charge in [0.15, 0.2) is 0 Å². The zero-order valence-electron chi connectivity index (χ0n) is 16.8. The van der Waals surface area contributed by atoms with Crippen molar-refractivity contribution in [2.24, 2.45) is 0 Å². The number of carbonyl (C=O) groups excluding carboxylic acids is 2. The van der Waals surface area contributed by atoms with Crippen molar-refractivity contribution in [1.29, 1.82) is 0 Å². The molecule has 0 aliphatic carbocycles. The molecule has 2 amide bonds. The Morgan fingerprint density at radius 2 is 1.69 bits per heavy atom. The summed E-state index contributed by atoms with van der Waals surface area (Å²) in [5.74, 6) is -0.583. The maximum atomic E-state index is 13.1. The van der Waals surface area contributed by atoms with Crippen LogP contribution in [0.3, 0.4) is 0 Å². The lowest BCUT2D eigenvalue weighted by Gasteiger charge is -2.35. The predicted molar refractivity (Wildman–Crippen MR) is 105 cm³/mol. The zero-order chi connectivity index (χ0) is 21.2. The van der Waals surface area contributed by atoms with Crippen LogP contribution in [0.1, 0.15) is 12.8 Å². The lowest BCUT2D eigenvalue weighted by Crippen LogP contribution is -2.53. The van der Waals surface area contributed by atoms with E-state index < -0.39 is 15.8 Å². The molecule has 0 aromatic heterocycles. The Labute approximate surface area is 170 Å². The third kappa shape index (κ3) is 4.76. The van der Waals surface area contributed by atoms with E-state index in [-0.39, 0.29) is 42.4 Å². The predicted octanol–water partition coefficient (Wildman–Crippen LogP) is 0.211. The number of rotatable bonds is 5. The van der Waals surface area contributed by atoms with Crippen LogP contribution in [-0.4, -0.2) is 98.6 Å². The highest BCUT2D eigenvalue weighted by Crippen LogP contribution is 2.20. The first-order valence-electron chi connectivity index (χ1n) is 9.69. The van der Waals surface area contributed by atoms with Gasteiger partial charge in [0, 0.05) is 40.3 Å².